The molecule has 31 heavy (non-hydrogen) atoms. The zero-order valence-electron chi connectivity index (χ0n) is 17.4. The molecule has 0 aliphatic carbocycles. The van der Waals surface area contributed by atoms with Crippen molar-refractivity contribution in [2.45, 2.75) is 18.5 Å². The molecule has 168 valence electrons. The number of nitrogens with zero attached hydrogens (tertiary/aromatic N) is 1. The van der Waals surface area contributed by atoms with Crippen molar-refractivity contribution in [1.29, 1.82) is 0 Å². The van der Waals surface area contributed by atoms with Gasteiger partial charge in [-0.15, -0.1) is 0 Å². The second-order valence-corrected chi connectivity index (χ2v) is 8.18. The number of thiol groups is 1. The first-order valence-corrected chi connectivity index (χ1v) is 11.8. The minimum absolute atomic E-state index is 0.159. The van der Waals surface area contributed by atoms with Crippen LogP contribution in [0.1, 0.15) is 6.42 Å². The Morgan fingerprint density at radius 2 is 1.94 bits per heavy atom. The van der Waals surface area contributed by atoms with Crippen molar-refractivity contribution in [3.05, 3.63) is 42.5 Å². The van der Waals surface area contributed by atoms with E-state index in [4.69, 9.17) is 16.2 Å². The average molecular weight is 464 g/mol. The van der Waals surface area contributed by atoms with Crippen molar-refractivity contribution < 1.29 is 14.3 Å². The van der Waals surface area contributed by atoms with Gasteiger partial charge < -0.3 is 21.5 Å². The van der Waals surface area contributed by atoms with E-state index in [9.17, 15) is 9.59 Å². The van der Waals surface area contributed by atoms with E-state index < -0.39 is 17.9 Å². The molecule has 2 atom stereocenters. The van der Waals surface area contributed by atoms with Gasteiger partial charge >= 0.3 is 0 Å². The van der Waals surface area contributed by atoms with E-state index >= 15 is 0 Å². The lowest BCUT2D eigenvalue weighted by Gasteiger charge is -2.16. The van der Waals surface area contributed by atoms with E-state index in [1.807, 2.05) is 48.7 Å². The molecular formula is C21H29N5O3S2. The topological polar surface area (TPSA) is 132 Å². The Labute approximate surface area is 192 Å². The summed E-state index contributed by atoms with van der Waals surface area (Å²) < 4.78 is 5.65. The SMILES string of the molecule is CSCC[C@H](N)C(=O)NC(=O)COc1nc(-c2ccccc2)ccc1NCC(N)CS. The highest BCUT2D eigenvalue weighted by atomic mass is 32.2. The van der Waals surface area contributed by atoms with Crippen LogP contribution in [0.4, 0.5) is 5.69 Å². The third-order valence-electron chi connectivity index (χ3n) is 4.29. The van der Waals surface area contributed by atoms with Crippen LogP contribution in [0.3, 0.4) is 0 Å². The number of pyridine rings is 1. The van der Waals surface area contributed by atoms with Crippen LogP contribution in [0.2, 0.25) is 0 Å². The van der Waals surface area contributed by atoms with Crippen LogP contribution in [0.15, 0.2) is 42.5 Å². The minimum Gasteiger partial charge on any atom is -0.466 e. The summed E-state index contributed by atoms with van der Waals surface area (Å²) in [5.41, 5.74) is 13.9. The molecule has 1 aromatic carbocycles. The summed E-state index contributed by atoms with van der Waals surface area (Å²) in [4.78, 5) is 28.7. The monoisotopic (exact) mass is 463 g/mol. The fourth-order valence-corrected chi connectivity index (χ4v) is 3.16. The maximum atomic E-state index is 12.2. The average Bonchev–Trinajstić information content (AvgIpc) is 2.80. The van der Waals surface area contributed by atoms with E-state index in [1.54, 1.807) is 11.8 Å². The van der Waals surface area contributed by atoms with Crippen molar-refractivity contribution in [3.63, 3.8) is 0 Å². The number of imide groups is 1. The number of anilines is 1. The number of ether oxygens (including phenoxy) is 1. The quantitative estimate of drug-likeness (QED) is 0.299. The number of nitrogens with one attached hydrogen (secondary N) is 2. The number of rotatable bonds is 12. The van der Waals surface area contributed by atoms with Gasteiger partial charge in [0.15, 0.2) is 6.61 Å². The van der Waals surface area contributed by atoms with Gasteiger partial charge in [-0.2, -0.15) is 24.4 Å². The Bertz CT molecular complexity index is 854. The summed E-state index contributed by atoms with van der Waals surface area (Å²) >= 11 is 5.77. The Hall–Kier alpha value is -2.27. The van der Waals surface area contributed by atoms with Gasteiger partial charge in [-0.3, -0.25) is 14.9 Å². The molecule has 2 amide bonds. The third kappa shape index (κ3) is 8.41. The van der Waals surface area contributed by atoms with E-state index in [2.05, 4.69) is 28.2 Å². The highest BCUT2D eigenvalue weighted by Gasteiger charge is 2.17. The third-order valence-corrected chi connectivity index (χ3v) is 5.40. The predicted molar refractivity (Wildman–Crippen MR) is 130 cm³/mol. The van der Waals surface area contributed by atoms with Crippen LogP contribution in [-0.2, 0) is 9.59 Å². The molecule has 10 heteroatoms. The number of carbonyl (C=O) groups excluding carboxylic acids is 2. The van der Waals surface area contributed by atoms with Crippen molar-refractivity contribution in [3.8, 4) is 17.1 Å². The van der Waals surface area contributed by atoms with E-state index in [0.717, 1.165) is 11.3 Å². The number of thioether (sulfide) groups is 1. The highest BCUT2D eigenvalue weighted by Crippen LogP contribution is 2.27. The van der Waals surface area contributed by atoms with Gasteiger partial charge in [0.05, 0.1) is 17.4 Å². The Morgan fingerprint density at radius 1 is 1.19 bits per heavy atom. The highest BCUT2D eigenvalue weighted by molar-refractivity contribution is 7.98. The van der Waals surface area contributed by atoms with Crippen LogP contribution in [0.25, 0.3) is 11.3 Å². The molecule has 0 saturated carbocycles. The van der Waals surface area contributed by atoms with Crippen LogP contribution < -0.4 is 26.8 Å². The van der Waals surface area contributed by atoms with Gasteiger partial charge in [-0.1, -0.05) is 30.3 Å². The molecular weight excluding hydrogens is 434 g/mol. The largest absolute Gasteiger partial charge is 0.466 e. The number of nitrogens with two attached hydrogens (primary N) is 2. The molecule has 0 fully saturated rings. The maximum Gasteiger partial charge on any atom is 0.264 e. The van der Waals surface area contributed by atoms with Gasteiger partial charge in [0.1, 0.15) is 0 Å². The fourth-order valence-electron chi connectivity index (χ4n) is 2.54. The molecule has 1 aromatic heterocycles. The van der Waals surface area contributed by atoms with Crippen LogP contribution in [0.5, 0.6) is 5.88 Å². The lowest BCUT2D eigenvalue weighted by Crippen LogP contribution is -2.45. The van der Waals surface area contributed by atoms with E-state index in [0.29, 0.717) is 30.1 Å². The normalized spacial score (nSPS) is 12.6. The summed E-state index contributed by atoms with van der Waals surface area (Å²) in [5, 5.41) is 5.43. The zero-order chi connectivity index (χ0) is 22.6. The molecule has 1 unspecified atom stereocenters. The standard InChI is InChI=1S/C21H29N5O3S2/c1-31-10-9-16(23)20(28)26-19(27)12-29-21-18(24-11-15(22)13-30)8-7-17(25-21)14-5-3-2-4-6-14/h2-8,15-16,24,30H,9-13,22-23H2,1H3,(H,26,27,28)/t15?,16-/m0/s1. The Balaban J connectivity index is 2.08. The summed E-state index contributed by atoms with van der Waals surface area (Å²) in [6.07, 6.45) is 2.41. The summed E-state index contributed by atoms with van der Waals surface area (Å²) in [6, 6.07) is 12.4. The Kier molecular flexibility index (Phi) is 10.6. The summed E-state index contributed by atoms with van der Waals surface area (Å²) in [5.74, 6) is 0.377. The van der Waals surface area contributed by atoms with Crippen molar-refractivity contribution >= 4 is 41.9 Å². The van der Waals surface area contributed by atoms with Crippen molar-refractivity contribution in [2.75, 3.05) is 36.2 Å². The summed E-state index contributed by atoms with van der Waals surface area (Å²) in [6.45, 7) is 0.0841. The molecule has 2 rings (SSSR count). The first-order valence-electron chi connectivity index (χ1n) is 9.82. The summed E-state index contributed by atoms with van der Waals surface area (Å²) in [7, 11) is 0. The fraction of sp³-hybridized carbons (Fsp3) is 0.381. The smallest absolute Gasteiger partial charge is 0.264 e. The molecule has 1 heterocycles. The first kappa shape index (κ1) is 25.0. The number of carbonyl (C=O) groups is 2. The maximum absolute atomic E-state index is 12.2. The molecule has 0 radical (unpaired) electrons. The molecule has 0 aliphatic rings. The van der Waals surface area contributed by atoms with Crippen LogP contribution >= 0.6 is 24.4 Å². The molecule has 6 N–H and O–H groups in total. The molecule has 0 aliphatic heterocycles. The molecule has 0 saturated heterocycles. The van der Waals surface area contributed by atoms with Crippen LogP contribution in [-0.4, -0.2) is 59.8 Å². The molecule has 0 spiro atoms. The van der Waals surface area contributed by atoms with Gasteiger partial charge in [-0.25, -0.2) is 4.98 Å². The van der Waals surface area contributed by atoms with Crippen molar-refractivity contribution in [2.24, 2.45) is 11.5 Å². The number of aromatic nitrogens is 1. The lowest BCUT2D eigenvalue weighted by atomic mass is 10.1. The second kappa shape index (κ2) is 13.2. The number of amides is 2. The Morgan fingerprint density at radius 3 is 2.61 bits per heavy atom. The zero-order valence-corrected chi connectivity index (χ0v) is 19.1. The van der Waals surface area contributed by atoms with Crippen LogP contribution in [0, 0.1) is 0 Å². The molecule has 2 aromatic rings. The van der Waals surface area contributed by atoms with Gasteiger partial charge in [0, 0.05) is 23.9 Å². The molecule has 0 bridgehead atoms. The number of hydrogen-bond donors (Lipinski definition) is 5. The van der Waals surface area contributed by atoms with Gasteiger partial charge in [0.2, 0.25) is 11.8 Å². The second-order valence-electron chi connectivity index (χ2n) is 6.83. The van der Waals surface area contributed by atoms with E-state index in [-0.39, 0.29) is 18.5 Å². The minimum atomic E-state index is -0.740. The first-order chi connectivity index (χ1) is 14.9. The predicted octanol–water partition coefficient (Wildman–Crippen LogP) is 1.52. The number of hydrogen-bond acceptors (Lipinski definition) is 9. The van der Waals surface area contributed by atoms with E-state index in [1.165, 1.54) is 0 Å². The van der Waals surface area contributed by atoms with Gasteiger partial charge in [-0.05, 0) is 30.6 Å². The van der Waals surface area contributed by atoms with Gasteiger partial charge in [0.25, 0.3) is 5.91 Å². The van der Waals surface area contributed by atoms with Crippen molar-refractivity contribution in [1.82, 2.24) is 10.3 Å². The number of benzene rings is 1. The lowest BCUT2D eigenvalue weighted by molar-refractivity contribution is -0.132. The molecule has 8 nitrogen and oxygen atoms in total.